The Labute approximate surface area is 220 Å². The second-order valence-electron chi connectivity index (χ2n) is 11.5. The summed E-state index contributed by atoms with van der Waals surface area (Å²) in [7, 11) is 1.94. The van der Waals surface area contributed by atoms with Crippen LogP contribution in [0.4, 0.5) is 0 Å². The fourth-order valence-corrected chi connectivity index (χ4v) is 8.52. The summed E-state index contributed by atoms with van der Waals surface area (Å²) in [5.41, 5.74) is 9.86. The number of likely N-dealkylation sites (tertiary alicyclic amines) is 1. The molecule has 2 fully saturated rings. The lowest BCUT2D eigenvalue weighted by atomic mass is 9.88. The molecule has 192 valence electrons. The van der Waals surface area contributed by atoms with Gasteiger partial charge in [-0.2, -0.15) is 5.10 Å². The minimum atomic E-state index is 0.415. The van der Waals surface area contributed by atoms with Crippen LogP contribution in [0.3, 0.4) is 0 Å². The Hall–Kier alpha value is -3.04. The molecule has 1 N–H and O–H groups in total. The van der Waals surface area contributed by atoms with Crippen molar-refractivity contribution >= 4 is 27.2 Å². The minimum Gasteiger partial charge on any atom is -0.346 e. The van der Waals surface area contributed by atoms with Crippen molar-refractivity contribution in [1.82, 2.24) is 39.5 Å². The van der Waals surface area contributed by atoms with E-state index in [0.29, 0.717) is 17.9 Å². The van der Waals surface area contributed by atoms with E-state index in [9.17, 15) is 0 Å². The molecule has 8 nitrogen and oxygen atoms in total. The lowest BCUT2D eigenvalue weighted by Gasteiger charge is -2.30. The lowest BCUT2D eigenvalue weighted by molar-refractivity contribution is 0.190. The molecule has 1 saturated carbocycles. The van der Waals surface area contributed by atoms with Crippen LogP contribution in [0.5, 0.6) is 0 Å². The molecular weight excluding hydrogens is 480 g/mol. The van der Waals surface area contributed by atoms with Gasteiger partial charge in [-0.05, 0) is 73.6 Å². The second-order valence-corrected chi connectivity index (χ2v) is 12.5. The predicted octanol–water partition coefficient (Wildman–Crippen LogP) is 5.49. The van der Waals surface area contributed by atoms with Crippen LogP contribution >= 0.6 is 11.3 Å². The third-order valence-corrected chi connectivity index (χ3v) is 10.3. The average molecular weight is 515 g/mol. The van der Waals surface area contributed by atoms with E-state index in [-0.39, 0.29) is 0 Å². The maximum atomic E-state index is 4.45. The second kappa shape index (κ2) is 8.23. The highest BCUT2D eigenvalue weighted by Gasteiger charge is 2.46. The first-order valence-electron chi connectivity index (χ1n) is 13.3. The third kappa shape index (κ3) is 3.43. The number of fused-ring (bicyclic) bond motifs is 4. The van der Waals surface area contributed by atoms with Crippen LogP contribution in [0.15, 0.2) is 18.7 Å². The van der Waals surface area contributed by atoms with Gasteiger partial charge >= 0.3 is 0 Å². The van der Waals surface area contributed by atoms with Gasteiger partial charge in [-0.15, -0.1) is 16.4 Å². The molecule has 0 radical (unpaired) electrons. The van der Waals surface area contributed by atoms with Crippen LogP contribution in [0.1, 0.15) is 71.3 Å². The van der Waals surface area contributed by atoms with Gasteiger partial charge in [-0.25, -0.2) is 9.50 Å². The number of pyridine rings is 1. The number of thiophene rings is 1. The number of hydrogen-bond acceptors (Lipinski definition) is 6. The normalized spacial score (nSPS) is 22.0. The smallest absolute Gasteiger partial charge is 0.158 e. The zero-order valence-corrected chi connectivity index (χ0v) is 23.2. The van der Waals surface area contributed by atoms with Crippen molar-refractivity contribution in [2.24, 2.45) is 13.0 Å². The quantitative estimate of drug-likeness (QED) is 0.335. The summed E-state index contributed by atoms with van der Waals surface area (Å²) < 4.78 is 3.72. The molecule has 7 rings (SSSR count). The van der Waals surface area contributed by atoms with Crippen LogP contribution in [0.2, 0.25) is 0 Å². The SMILES string of the molecule is Cc1c(-c2[nH]c3sc([C@@H]4CC5CC4CN5Cc4cn(C)nn4)c(C)c3c2C(C)C)cn2ncnc2c1C. The van der Waals surface area contributed by atoms with Gasteiger partial charge in [-0.3, -0.25) is 9.58 Å². The van der Waals surface area contributed by atoms with Gasteiger partial charge in [0.15, 0.2) is 5.65 Å². The molecule has 5 aromatic rings. The molecule has 37 heavy (non-hydrogen) atoms. The Kier molecular flexibility index (Phi) is 5.14. The number of nitrogens with one attached hydrogen (secondary N) is 1. The van der Waals surface area contributed by atoms with Crippen LogP contribution in [-0.4, -0.2) is 52.1 Å². The lowest BCUT2D eigenvalue weighted by Crippen LogP contribution is -2.34. The Balaban J connectivity index is 1.24. The van der Waals surface area contributed by atoms with E-state index in [0.717, 1.165) is 30.3 Å². The van der Waals surface area contributed by atoms with Gasteiger partial charge in [0, 0.05) is 54.4 Å². The molecule has 0 amide bonds. The van der Waals surface area contributed by atoms with Crippen LogP contribution in [0, 0.1) is 26.7 Å². The number of H-pyrrole nitrogens is 1. The summed E-state index contributed by atoms with van der Waals surface area (Å²) in [5.74, 6) is 1.80. The molecule has 1 aliphatic carbocycles. The van der Waals surface area contributed by atoms with Crippen molar-refractivity contribution in [3.05, 3.63) is 51.5 Å². The number of aryl methyl sites for hydroxylation is 3. The number of hydrogen-bond donors (Lipinski definition) is 1. The number of nitrogens with zero attached hydrogens (tertiary/aromatic N) is 7. The fourth-order valence-electron chi connectivity index (χ4n) is 7.08. The van der Waals surface area contributed by atoms with Gasteiger partial charge in [0.05, 0.1) is 11.4 Å². The van der Waals surface area contributed by atoms with E-state index in [4.69, 9.17) is 0 Å². The molecule has 3 atom stereocenters. The van der Waals surface area contributed by atoms with Crippen molar-refractivity contribution in [2.45, 2.75) is 71.9 Å². The van der Waals surface area contributed by atoms with Crippen LogP contribution in [0.25, 0.3) is 27.1 Å². The minimum absolute atomic E-state index is 0.415. The number of piperidine rings is 1. The summed E-state index contributed by atoms with van der Waals surface area (Å²) in [6, 6.07) is 0.650. The van der Waals surface area contributed by atoms with E-state index in [1.807, 2.05) is 29.1 Å². The Morgan fingerprint density at radius 2 is 1.95 bits per heavy atom. The van der Waals surface area contributed by atoms with Crippen molar-refractivity contribution in [2.75, 3.05) is 6.54 Å². The van der Waals surface area contributed by atoms with E-state index in [1.54, 1.807) is 15.9 Å². The summed E-state index contributed by atoms with van der Waals surface area (Å²) in [5, 5.41) is 14.3. The van der Waals surface area contributed by atoms with Crippen molar-refractivity contribution < 1.29 is 0 Å². The molecule has 9 heteroatoms. The van der Waals surface area contributed by atoms with Gasteiger partial charge in [-0.1, -0.05) is 19.1 Å². The van der Waals surface area contributed by atoms with Gasteiger partial charge < -0.3 is 4.98 Å². The average Bonchev–Trinajstić information content (AvgIpc) is 3.68. The third-order valence-electron chi connectivity index (χ3n) is 8.94. The molecule has 6 heterocycles. The summed E-state index contributed by atoms with van der Waals surface area (Å²) in [4.78, 5) is 13.9. The monoisotopic (exact) mass is 514 g/mol. The molecular formula is C28H34N8S. The maximum Gasteiger partial charge on any atom is 0.158 e. The highest BCUT2D eigenvalue weighted by Crippen LogP contribution is 2.53. The molecule has 1 aliphatic heterocycles. The summed E-state index contributed by atoms with van der Waals surface area (Å²) >= 11 is 2.00. The van der Waals surface area contributed by atoms with Gasteiger partial charge in [0.25, 0.3) is 0 Å². The van der Waals surface area contributed by atoms with Crippen molar-refractivity contribution in [3.63, 3.8) is 0 Å². The fraction of sp³-hybridized carbons (Fsp3) is 0.500. The predicted molar refractivity (Wildman–Crippen MR) is 147 cm³/mol. The zero-order valence-electron chi connectivity index (χ0n) is 22.4. The maximum absolute atomic E-state index is 4.45. The molecule has 0 aromatic carbocycles. The standard InChI is InChI=1S/C28H34N8S/c1-14(2)23-24-17(5)26(21-8-20-7-18(21)9-35(20)11-19-10-34(6)33-32-19)37-28(24)31-25(23)22-12-36-27(29-13-30-36)16(4)15(22)3/h10,12-14,18,20-21,31H,7-9,11H2,1-6H3/t18?,20?,21-/m1/s1. The van der Waals surface area contributed by atoms with E-state index < -0.39 is 0 Å². The van der Waals surface area contributed by atoms with E-state index in [1.165, 1.54) is 56.6 Å². The van der Waals surface area contributed by atoms with Gasteiger partial charge in [0.2, 0.25) is 0 Å². The largest absolute Gasteiger partial charge is 0.346 e. The number of aromatic nitrogens is 7. The topological polar surface area (TPSA) is 79.9 Å². The first-order chi connectivity index (χ1) is 17.8. The van der Waals surface area contributed by atoms with Crippen LogP contribution < -0.4 is 0 Å². The molecule has 2 unspecified atom stereocenters. The molecule has 2 aliphatic rings. The van der Waals surface area contributed by atoms with Crippen molar-refractivity contribution in [1.29, 1.82) is 0 Å². The molecule has 0 spiro atoms. The Morgan fingerprint density at radius 3 is 2.65 bits per heavy atom. The van der Waals surface area contributed by atoms with E-state index in [2.05, 4.69) is 71.1 Å². The molecule has 5 aromatic heterocycles. The molecule has 2 bridgehead atoms. The first kappa shape index (κ1) is 23.1. The highest BCUT2D eigenvalue weighted by molar-refractivity contribution is 7.19. The Bertz CT molecular complexity index is 1650. The highest BCUT2D eigenvalue weighted by atomic mass is 32.1. The van der Waals surface area contributed by atoms with Crippen LogP contribution in [-0.2, 0) is 13.6 Å². The number of aromatic amines is 1. The molecule has 1 saturated heterocycles. The summed E-state index contributed by atoms with van der Waals surface area (Å²) in [6.07, 6.45) is 8.38. The van der Waals surface area contributed by atoms with Crippen molar-refractivity contribution in [3.8, 4) is 11.3 Å². The zero-order chi connectivity index (χ0) is 25.6. The van der Waals surface area contributed by atoms with E-state index >= 15 is 0 Å². The summed E-state index contributed by atoms with van der Waals surface area (Å²) in [6.45, 7) is 13.4. The Morgan fingerprint density at radius 1 is 1.11 bits per heavy atom. The number of rotatable bonds is 5. The van der Waals surface area contributed by atoms with Gasteiger partial charge in [0.1, 0.15) is 11.2 Å². The first-order valence-corrected chi connectivity index (χ1v) is 14.2.